The number of unbranched alkanes of at least 4 members (excludes halogenated alkanes) is 1. The number of amides is 2. The number of aryl methyl sites for hydroxylation is 2. The third-order valence-corrected chi connectivity index (χ3v) is 6.63. The van der Waals surface area contributed by atoms with Gasteiger partial charge in [0.2, 0.25) is 5.91 Å². The van der Waals surface area contributed by atoms with E-state index >= 15 is 0 Å². The normalized spacial score (nSPS) is 16.5. The van der Waals surface area contributed by atoms with Crippen LogP contribution in [0.3, 0.4) is 0 Å². The minimum absolute atomic E-state index is 0.0694. The fraction of sp³-hybridized carbons (Fsp3) is 0.560. The standard InChI is InChI=1S/C25H34N4O4/c1-15-21(16(2)29-28-15)17-9-11-20(12-10-17)26-24(31)23(22(18-5-6-18)19-7-8-19)27-25(32)33-14-4-3-13-30/h9-12,18-19,22-23,30H,3-8,13-14H2,1-2H3,(H,26,31)(H,27,32)(H,28,29)/t23-/m0/s1. The van der Waals surface area contributed by atoms with Crippen molar-refractivity contribution in [2.45, 2.75) is 58.4 Å². The maximum Gasteiger partial charge on any atom is 0.407 e. The SMILES string of the molecule is Cc1n[nH]c(C)c1-c1ccc(NC(=O)[C@@H](NC(=O)OCCCCO)C(C2CC2)C2CC2)cc1. The highest BCUT2D eigenvalue weighted by atomic mass is 16.5. The average molecular weight is 455 g/mol. The zero-order valence-corrected chi connectivity index (χ0v) is 19.4. The highest BCUT2D eigenvalue weighted by Crippen LogP contribution is 2.50. The molecule has 1 heterocycles. The summed E-state index contributed by atoms with van der Waals surface area (Å²) in [5.41, 5.74) is 4.73. The number of alkyl carbamates (subject to hydrolysis) is 1. The van der Waals surface area contributed by atoms with Gasteiger partial charge in [-0.15, -0.1) is 0 Å². The molecule has 2 aromatic rings. The number of rotatable bonds is 11. The first-order valence-corrected chi connectivity index (χ1v) is 11.9. The molecule has 1 atom stereocenters. The molecular formula is C25H34N4O4. The topological polar surface area (TPSA) is 116 Å². The molecule has 178 valence electrons. The number of carbonyl (C=O) groups is 2. The van der Waals surface area contributed by atoms with Gasteiger partial charge < -0.3 is 20.5 Å². The lowest BCUT2D eigenvalue weighted by Crippen LogP contribution is -2.50. The van der Waals surface area contributed by atoms with Gasteiger partial charge in [0, 0.05) is 23.6 Å². The van der Waals surface area contributed by atoms with Gasteiger partial charge in [-0.05, 0) is 87.8 Å². The predicted octanol–water partition coefficient (Wildman–Crippen LogP) is 3.94. The Labute approximate surface area is 194 Å². The molecule has 0 unspecified atom stereocenters. The molecule has 1 aromatic carbocycles. The molecule has 4 N–H and O–H groups in total. The Morgan fingerprint density at radius 1 is 1.12 bits per heavy atom. The maximum absolute atomic E-state index is 13.3. The van der Waals surface area contributed by atoms with Gasteiger partial charge in [0.25, 0.3) is 0 Å². The van der Waals surface area contributed by atoms with Crippen molar-refractivity contribution in [3.8, 4) is 11.1 Å². The van der Waals surface area contributed by atoms with Gasteiger partial charge in [0.15, 0.2) is 0 Å². The number of benzene rings is 1. The van der Waals surface area contributed by atoms with E-state index in [1.807, 2.05) is 38.1 Å². The summed E-state index contributed by atoms with van der Waals surface area (Å²) in [7, 11) is 0. The second-order valence-corrected chi connectivity index (χ2v) is 9.32. The minimum Gasteiger partial charge on any atom is -0.450 e. The van der Waals surface area contributed by atoms with Crippen molar-refractivity contribution >= 4 is 17.7 Å². The van der Waals surface area contributed by atoms with Gasteiger partial charge in [-0.25, -0.2) is 4.79 Å². The van der Waals surface area contributed by atoms with Crippen LogP contribution in [0.1, 0.15) is 49.9 Å². The Balaban J connectivity index is 1.44. The smallest absolute Gasteiger partial charge is 0.407 e. The van der Waals surface area contributed by atoms with E-state index in [2.05, 4.69) is 20.8 Å². The lowest BCUT2D eigenvalue weighted by Gasteiger charge is -2.27. The third kappa shape index (κ3) is 5.93. The first-order chi connectivity index (χ1) is 16.0. The van der Waals surface area contributed by atoms with E-state index in [9.17, 15) is 9.59 Å². The Morgan fingerprint density at radius 3 is 2.33 bits per heavy atom. The van der Waals surface area contributed by atoms with Gasteiger partial charge in [0.05, 0.1) is 12.3 Å². The number of nitrogens with zero attached hydrogens (tertiary/aromatic N) is 1. The molecule has 2 aliphatic carbocycles. The molecule has 8 nitrogen and oxygen atoms in total. The van der Waals surface area contributed by atoms with Crippen molar-refractivity contribution in [2.24, 2.45) is 17.8 Å². The van der Waals surface area contributed by atoms with Crippen LogP contribution in [0.25, 0.3) is 11.1 Å². The number of aromatic nitrogens is 2. The van der Waals surface area contributed by atoms with Crippen LogP contribution < -0.4 is 10.6 Å². The third-order valence-electron chi connectivity index (χ3n) is 6.63. The van der Waals surface area contributed by atoms with E-state index in [0.717, 1.165) is 48.2 Å². The molecule has 2 aliphatic rings. The number of nitrogens with one attached hydrogen (secondary N) is 3. The summed E-state index contributed by atoms with van der Waals surface area (Å²) in [6.07, 6.45) is 5.04. The second kappa shape index (κ2) is 10.4. The Bertz CT molecular complexity index is 932. The highest BCUT2D eigenvalue weighted by Gasteiger charge is 2.48. The number of aromatic amines is 1. The van der Waals surface area contributed by atoms with E-state index in [4.69, 9.17) is 9.84 Å². The van der Waals surface area contributed by atoms with Crippen molar-refractivity contribution in [3.05, 3.63) is 35.7 Å². The molecule has 0 radical (unpaired) electrons. The van der Waals surface area contributed by atoms with Crippen LogP contribution in [0.2, 0.25) is 0 Å². The molecular weight excluding hydrogens is 420 g/mol. The number of hydrogen-bond acceptors (Lipinski definition) is 5. The number of ether oxygens (including phenoxy) is 1. The fourth-order valence-corrected chi connectivity index (χ4v) is 4.69. The molecule has 0 saturated heterocycles. The molecule has 2 fully saturated rings. The van der Waals surface area contributed by atoms with Gasteiger partial charge in [0.1, 0.15) is 6.04 Å². The second-order valence-electron chi connectivity index (χ2n) is 9.32. The van der Waals surface area contributed by atoms with E-state index in [0.29, 0.717) is 30.4 Å². The number of carbonyl (C=O) groups excluding carboxylic acids is 2. The van der Waals surface area contributed by atoms with E-state index in [1.165, 1.54) is 0 Å². The molecule has 4 rings (SSSR count). The van der Waals surface area contributed by atoms with Gasteiger partial charge >= 0.3 is 6.09 Å². The zero-order chi connectivity index (χ0) is 23.4. The molecule has 2 amide bonds. The van der Waals surface area contributed by atoms with Gasteiger partial charge in [-0.2, -0.15) is 5.10 Å². The van der Waals surface area contributed by atoms with Crippen LogP contribution in [-0.2, 0) is 9.53 Å². The summed E-state index contributed by atoms with van der Waals surface area (Å²) in [5.74, 6) is 0.912. The monoisotopic (exact) mass is 454 g/mol. The molecule has 0 bridgehead atoms. The molecule has 8 heteroatoms. The zero-order valence-electron chi connectivity index (χ0n) is 19.4. The summed E-state index contributed by atoms with van der Waals surface area (Å²) < 4.78 is 5.25. The van der Waals surface area contributed by atoms with Crippen molar-refractivity contribution in [3.63, 3.8) is 0 Å². The molecule has 33 heavy (non-hydrogen) atoms. The Hall–Kier alpha value is -2.87. The number of aliphatic hydroxyl groups is 1. The number of hydrogen-bond donors (Lipinski definition) is 4. The molecule has 2 saturated carbocycles. The Morgan fingerprint density at radius 2 is 1.79 bits per heavy atom. The number of anilines is 1. The van der Waals surface area contributed by atoms with Crippen LogP contribution in [-0.4, -0.2) is 46.6 Å². The van der Waals surface area contributed by atoms with Crippen molar-refractivity contribution < 1.29 is 19.4 Å². The van der Waals surface area contributed by atoms with Crippen molar-refractivity contribution in [1.82, 2.24) is 15.5 Å². The number of H-pyrrole nitrogens is 1. The summed E-state index contributed by atoms with van der Waals surface area (Å²) in [4.78, 5) is 25.7. The highest BCUT2D eigenvalue weighted by molar-refractivity contribution is 5.97. The maximum atomic E-state index is 13.3. The summed E-state index contributed by atoms with van der Waals surface area (Å²) >= 11 is 0. The van der Waals surface area contributed by atoms with Gasteiger partial charge in [-0.3, -0.25) is 9.89 Å². The predicted molar refractivity (Wildman–Crippen MR) is 126 cm³/mol. The van der Waals surface area contributed by atoms with Crippen LogP contribution >= 0.6 is 0 Å². The quantitative estimate of drug-likeness (QED) is 0.384. The first-order valence-electron chi connectivity index (χ1n) is 11.9. The van der Waals surface area contributed by atoms with Crippen LogP contribution in [0.15, 0.2) is 24.3 Å². The fourth-order valence-electron chi connectivity index (χ4n) is 4.69. The van der Waals surface area contributed by atoms with E-state index < -0.39 is 12.1 Å². The average Bonchev–Trinajstić information content (AvgIpc) is 3.72. The van der Waals surface area contributed by atoms with Crippen LogP contribution in [0, 0.1) is 31.6 Å². The first kappa shape index (κ1) is 23.3. The van der Waals surface area contributed by atoms with Gasteiger partial charge in [-0.1, -0.05) is 12.1 Å². The summed E-state index contributed by atoms with van der Waals surface area (Å²) in [6.45, 7) is 4.25. The number of aliphatic hydroxyl groups excluding tert-OH is 1. The molecule has 0 spiro atoms. The van der Waals surface area contributed by atoms with E-state index in [-0.39, 0.29) is 25.0 Å². The molecule has 1 aromatic heterocycles. The van der Waals surface area contributed by atoms with Crippen LogP contribution in [0.4, 0.5) is 10.5 Å². The summed E-state index contributed by atoms with van der Waals surface area (Å²) in [5, 5.41) is 22.0. The van der Waals surface area contributed by atoms with Crippen molar-refractivity contribution in [1.29, 1.82) is 0 Å². The lowest BCUT2D eigenvalue weighted by atomic mass is 9.88. The van der Waals surface area contributed by atoms with E-state index in [1.54, 1.807) is 0 Å². The largest absolute Gasteiger partial charge is 0.450 e. The van der Waals surface area contributed by atoms with Crippen LogP contribution in [0.5, 0.6) is 0 Å². The minimum atomic E-state index is -0.617. The van der Waals surface area contributed by atoms with Crippen molar-refractivity contribution in [2.75, 3.05) is 18.5 Å². The lowest BCUT2D eigenvalue weighted by molar-refractivity contribution is -0.119. The summed E-state index contributed by atoms with van der Waals surface area (Å²) in [6, 6.07) is 7.09. The Kier molecular flexibility index (Phi) is 7.33. The molecule has 0 aliphatic heterocycles.